The summed E-state index contributed by atoms with van der Waals surface area (Å²) in [4.78, 5) is 12.3. The zero-order valence-electron chi connectivity index (χ0n) is 15.9. The molecule has 0 aliphatic rings. The second-order valence-corrected chi connectivity index (χ2v) is 6.18. The molecule has 29 heavy (non-hydrogen) atoms. The maximum Gasteiger partial charge on any atom is 0.266 e. The van der Waals surface area contributed by atoms with Gasteiger partial charge in [0.2, 0.25) is 0 Å². The second-order valence-electron chi connectivity index (χ2n) is 6.18. The zero-order chi connectivity index (χ0) is 20.5. The predicted octanol–water partition coefficient (Wildman–Crippen LogP) is 4.55. The van der Waals surface area contributed by atoms with Crippen LogP contribution in [0.15, 0.2) is 76.9 Å². The first-order chi connectivity index (χ1) is 14.2. The molecule has 1 aromatic heterocycles. The van der Waals surface area contributed by atoms with Crippen LogP contribution in [0.5, 0.6) is 5.75 Å². The quantitative estimate of drug-likeness (QED) is 0.452. The van der Waals surface area contributed by atoms with E-state index in [1.165, 1.54) is 12.3 Å². The van der Waals surface area contributed by atoms with Crippen LogP contribution in [-0.2, 0) is 22.7 Å². The molecule has 2 aromatic carbocycles. The van der Waals surface area contributed by atoms with Crippen LogP contribution in [0.25, 0.3) is 6.08 Å². The van der Waals surface area contributed by atoms with Crippen molar-refractivity contribution in [1.82, 2.24) is 0 Å². The molecule has 0 bridgehead atoms. The minimum Gasteiger partial charge on any atom is -0.497 e. The van der Waals surface area contributed by atoms with Crippen molar-refractivity contribution in [2.45, 2.75) is 13.2 Å². The normalized spacial score (nSPS) is 11.0. The van der Waals surface area contributed by atoms with Gasteiger partial charge in [0.25, 0.3) is 5.91 Å². The van der Waals surface area contributed by atoms with Crippen LogP contribution >= 0.6 is 0 Å². The Labute approximate surface area is 169 Å². The molecule has 0 saturated carbocycles. The summed E-state index contributed by atoms with van der Waals surface area (Å²) >= 11 is 0. The van der Waals surface area contributed by atoms with Crippen LogP contribution in [0, 0.1) is 11.3 Å². The SMILES string of the molecule is COc1ccc(COCc2cccc(NC(=O)/C(C#N)=C/c3ccco3)c2)cc1. The Hall–Kier alpha value is -3.82. The monoisotopic (exact) mass is 388 g/mol. The molecule has 146 valence electrons. The second kappa shape index (κ2) is 9.93. The molecule has 0 spiro atoms. The molecule has 3 aromatic rings. The van der Waals surface area contributed by atoms with E-state index in [2.05, 4.69) is 5.32 Å². The Kier molecular flexibility index (Phi) is 6.82. The number of ether oxygens (including phenoxy) is 2. The number of nitriles is 1. The van der Waals surface area contributed by atoms with Crippen molar-refractivity contribution in [2.24, 2.45) is 0 Å². The highest BCUT2D eigenvalue weighted by Gasteiger charge is 2.10. The van der Waals surface area contributed by atoms with Gasteiger partial charge in [-0.1, -0.05) is 24.3 Å². The van der Waals surface area contributed by atoms with E-state index in [4.69, 9.17) is 13.9 Å². The number of benzene rings is 2. The fourth-order valence-corrected chi connectivity index (χ4v) is 2.61. The van der Waals surface area contributed by atoms with Gasteiger partial charge in [-0.05, 0) is 47.5 Å². The smallest absolute Gasteiger partial charge is 0.266 e. The standard InChI is InChI=1S/C23H20N2O4/c1-27-21-9-7-17(8-10-21)15-28-16-18-4-2-5-20(12-18)25-23(26)19(14-24)13-22-6-3-11-29-22/h2-13H,15-16H2,1H3,(H,25,26)/b19-13+. The number of nitrogens with zero attached hydrogens (tertiary/aromatic N) is 1. The molecule has 0 atom stereocenters. The molecule has 0 aliphatic heterocycles. The summed E-state index contributed by atoms with van der Waals surface area (Å²) in [6, 6.07) is 20.2. The number of methoxy groups -OCH3 is 1. The highest BCUT2D eigenvalue weighted by molar-refractivity contribution is 6.09. The lowest BCUT2D eigenvalue weighted by molar-refractivity contribution is -0.112. The van der Waals surface area contributed by atoms with E-state index in [0.717, 1.165) is 16.9 Å². The van der Waals surface area contributed by atoms with Crippen LogP contribution in [0.4, 0.5) is 5.69 Å². The minimum atomic E-state index is -0.500. The Morgan fingerprint density at radius 3 is 2.59 bits per heavy atom. The number of carbonyl (C=O) groups is 1. The summed E-state index contributed by atoms with van der Waals surface area (Å²) in [5, 5.41) is 12.0. The lowest BCUT2D eigenvalue weighted by Crippen LogP contribution is -2.13. The van der Waals surface area contributed by atoms with Gasteiger partial charge in [0.05, 0.1) is 26.6 Å². The van der Waals surface area contributed by atoms with E-state index in [1.54, 1.807) is 25.3 Å². The van der Waals surface area contributed by atoms with Crippen LogP contribution in [0.1, 0.15) is 16.9 Å². The van der Waals surface area contributed by atoms with E-state index < -0.39 is 5.91 Å². The van der Waals surface area contributed by atoms with E-state index in [-0.39, 0.29) is 5.57 Å². The molecule has 0 saturated heterocycles. The van der Waals surface area contributed by atoms with Crippen molar-refractivity contribution >= 4 is 17.7 Å². The highest BCUT2D eigenvalue weighted by atomic mass is 16.5. The average molecular weight is 388 g/mol. The van der Waals surface area contributed by atoms with Gasteiger partial charge >= 0.3 is 0 Å². The summed E-state index contributed by atoms with van der Waals surface area (Å²) in [5.41, 5.74) is 2.49. The molecule has 0 radical (unpaired) electrons. The Morgan fingerprint density at radius 1 is 1.10 bits per heavy atom. The highest BCUT2D eigenvalue weighted by Crippen LogP contribution is 2.16. The molecule has 6 nitrogen and oxygen atoms in total. The predicted molar refractivity (Wildman–Crippen MR) is 109 cm³/mol. The molecule has 1 N–H and O–H groups in total. The summed E-state index contributed by atoms with van der Waals surface area (Å²) in [6.45, 7) is 0.855. The topological polar surface area (TPSA) is 84.5 Å². The molecule has 0 aliphatic carbocycles. The van der Waals surface area contributed by atoms with Crippen molar-refractivity contribution in [3.63, 3.8) is 0 Å². The maximum absolute atomic E-state index is 12.3. The largest absolute Gasteiger partial charge is 0.497 e. The maximum atomic E-state index is 12.3. The molecular formula is C23H20N2O4. The van der Waals surface area contributed by atoms with Crippen molar-refractivity contribution in [1.29, 1.82) is 5.26 Å². The van der Waals surface area contributed by atoms with Crippen LogP contribution in [0.3, 0.4) is 0 Å². The molecular weight excluding hydrogens is 368 g/mol. The van der Waals surface area contributed by atoms with Crippen LogP contribution < -0.4 is 10.1 Å². The van der Waals surface area contributed by atoms with Gasteiger partial charge in [-0.3, -0.25) is 4.79 Å². The van der Waals surface area contributed by atoms with E-state index >= 15 is 0 Å². The number of hydrogen-bond donors (Lipinski definition) is 1. The van der Waals surface area contributed by atoms with Gasteiger partial charge in [-0.2, -0.15) is 5.26 Å². The Balaban J connectivity index is 1.57. The van der Waals surface area contributed by atoms with Gasteiger partial charge in [0.15, 0.2) is 0 Å². The number of rotatable bonds is 8. The van der Waals surface area contributed by atoms with Gasteiger partial charge in [0, 0.05) is 11.8 Å². The summed E-state index contributed by atoms with van der Waals surface area (Å²) in [7, 11) is 1.63. The van der Waals surface area contributed by atoms with Crippen molar-refractivity contribution in [3.05, 3.63) is 89.4 Å². The number of furan rings is 1. The van der Waals surface area contributed by atoms with Crippen LogP contribution in [0.2, 0.25) is 0 Å². The van der Waals surface area contributed by atoms with Crippen molar-refractivity contribution in [3.8, 4) is 11.8 Å². The molecule has 3 rings (SSSR count). The Bertz CT molecular complexity index is 1020. The van der Waals surface area contributed by atoms with Crippen molar-refractivity contribution in [2.75, 3.05) is 12.4 Å². The fourth-order valence-electron chi connectivity index (χ4n) is 2.61. The lowest BCUT2D eigenvalue weighted by Gasteiger charge is -2.08. The van der Waals surface area contributed by atoms with E-state index in [9.17, 15) is 10.1 Å². The number of carbonyl (C=O) groups excluding carboxylic acids is 1. The third-order valence-electron chi connectivity index (χ3n) is 4.08. The van der Waals surface area contributed by atoms with Crippen LogP contribution in [-0.4, -0.2) is 13.0 Å². The minimum absolute atomic E-state index is 0.0406. The summed E-state index contributed by atoms with van der Waals surface area (Å²) in [6.07, 6.45) is 2.88. The summed E-state index contributed by atoms with van der Waals surface area (Å²) < 4.78 is 16.0. The first-order valence-electron chi connectivity index (χ1n) is 8.94. The molecule has 1 heterocycles. The number of nitrogens with one attached hydrogen (secondary N) is 1. The third kappa shape index (κ3) is 5.83. The van der Waals surface area contributed by atoms with Gasteiger partial charge in [-0.15, -0.1) is 0 Å². The van der Waals surface area contributed by atoms with Gasteiger partial charge < -0.3 is 19.2 Å². The fraction of sp³-hybridized carbons (Fsp3) is 0.130. The first-order valence-corrected chi connectivity index (χ1v) is 8.94. The van der Waals surface area contributed by atoms with Gasteiger partial charge in [-0.25, -0.2) is 0 Å². The number of anilines is 1. The summed E-state index contributed by atoms with van der Waals surface area (Å²) in [5.74, 6) is 0.743. The molecule has 6 heteroatoms. The first kappa shape index (κ1) is 19.9. The third-order valence-corrected chi connectivity index (χ3v) is 4.08. The Morgan fingerprint density at radius 2 is 1.90 bits per heavy atom. The molecule has 0 fully saturated rings. The number of amides is 1. The number of hydrogen-bond acceptors (Lipinski definition) is 5. The van der Waals surface area contributed by atoms with E-state index in [1.807, 2.05) is 48.5 Å². The van der Waals surface area contributed by atoms with Crippen molar-refractivity contribution < 1.29 is 18.7 Å². The molecule has 1 amide bonds. The average Bonchev–Trinajstić information content (AvgIpc) is 3.26. The lowest BCUT2D eigenvalue weighted by atomic mass is 10.2. The zero-order valence-corrected chi connectivity index (χ0v) is 15.9. The van der Waals surface area contributed by atoms with Gasteiger partial charge in [0.1, 0.15) is 23.2 Å². The van der Waals surface area contributed by atoms with E-state index in [0.29, 0.717) is 24.7 Å². The molecule has 0 unspecified atom stereocenters.